The van der Waals surface area contributed by atoms with Gasteiger partial charge in [-0.15, -0.1) is 0 Å². The molecule has 1 saturated heterocycles. The maximum atomic E-state index is 11.4. The number of hydroxylamine groups is 2. The number of carbonyl (C=O) groups excluding carboxylic acids is 1. The van der Waals surface area contributed by atoms with Crippen LogP contribution in [0.25, 0.3) is 0 Å². The Balaban J connectivity index is 2.23. The van der Waals surface area contributed by atoms with Gasteiger partial charge >= 0.3 is 0 Å². The molecular weight excluding hydrogens is 260 g/mol. The summed E-state index contributed by atoms with van der Waals surface area (Å²) in [5, 5.41) is 10.7. The Morgan fingerprint density at radius 1 is 1.32 bits per heavy atom. The van der Waals surface area contributed by atoms with Gasteiger partial charge in [-0.25, -0.2) is 5.06 Å². The van der Waals surface area contributed by atoms with Crippen molar-refractivity contribution in [2.24, 2.45) is 0 Å². The first kappa shape index (κ1) is 14.0. The Hall–Kier alpha value is -1.42. The molecule has 19 heavy (non-hydrogen) atoms. The standard InChI is InChI=1S/C13H18N2O3Si/c1-17-15-11(16)9-12(15)5-7-13(10-14,8-6-12)18-19(2,3)4/h5-8H,9H2,1-4H3. The van der Waals surface area contributed by atoms with Crippen LogP contribution in [0.1, 0.15) is 6.42 Å². The summed E-state index contributed by atoms with van der Waals surface area (Å²) in [6.07, 6.45) is 7.46. The molecule has 0 N–H and O–H groups in total. The van der Waals surface area contributed by atoms with Gasteiger partial charge in [-0.3, -0.25) is 9.63 Å². The first-order chi connectivity index (χ1) is 8.76. The summed E-state index contributed by atoms with van der Waals surface area (Å²) < 4.78 is 5.93. The second-order valence-corrected chi connectivity index (χ2v) is 10.3. The van der Waals surface area contributed by atoms with E-state index < -0.39 is 19.5 Å². The Labute approximate surface area is 114 Å². The molecule has 5 nitrogen and oxygen atoms in total. The van der Waals surface area contributed by atoms with Crippen LogP contribution in [0.15, 0.2) is 24.3 Å². The molecule has 1 aliphatic heterocycles. The molecule has 0 unspecified atom stereocenters. The van der Waals surface area contributed by atoms with E-state index in [1.54, 1.807) is 12.2 Å². The molecular formula is C13H18N2O3Si. The summed E-state index contributed by atoms with van der Waals surface area (Å²) in [7, 11) is -0.389. The molecule has 0 aromatic heterocycles. The number of nitrogens with zero attached hydrogens (tertiary/aromatic N) is 2. The highest BCUT2D eigenvalue weighted by Crippen LogP contribution is 2.39. The summed E-state index contributed by atoms with van der Waals surface area (Å²) in [6.45, 7) is 6.10. The lowest BCUT2D eigenvalue weighted by Crippen LogP contribution is -2.62. The molecule has 0 aromatic carbocycles. The van der Waals surface area contributed by atoms with Crippen LogP contribution in [0, 0.1) is 11.3 Å². The van der Waals surface area contributed by atoms with Crippen molar-refractivity contribution in [2.45, 2.75) is 37.2 Å². The molecule has 0 atom stereocenters. The van der Waals surface area contributed by atoms with Gasteiger partial charge in [-0.1, -0.05) is 12.2 Å². The van der Waals surface area contributed by atoms with Gasteiger partial charge in [0.1, 0.15) is 11.6 Å². The van der Waals surface area contributed by atoms with E-state index in [-0.39, 0.29) is 5.91 Å². The number of rotatable bonds is 3. The lowest BCUT2D eigenvalue weighted by Gasteiger charge is -2.48. The summed E-state index contributed by atoms with van der Waals surface area (Å²) in [4.78, 5) is 16.5. The van der Waals surface area contributed by atoms with Crippen molar-refractivity contribution in [2.75, 3.05) is 7.11 Å². The van der Waals surface area contributed by atoms with Gasteiger partial charge in [0.15, 0.2) is 13.9 Å². The maximum Gasteiger partial charge on any atom is 0.250 e. The van der Waals surface area contributed by atoms with Crippen molar-refractivity contribution in [3.8, 4) is 6.07 Å². The minimum Gasteiger partial charge on any atom is -0.394 e. The fourth-order valence-corrected chi connectivity index (χ4v) is 3.57. The van der Waals surface area contributed by atoms with Crippen LogP contribution in [0.4, 0.5) is 0 Å². The average Bonchev–Trinajstić information content (AvgIpc) is 2.30. The van der Waals surface area contributed by atoms with Crippen molar-refractivity contribution in [1.29, 1.82) is 5.26 Å². The van der Waals surface area contributed by atoms with E-state index in [0.29, 0.717) is 6.42 Å². The molecule has 1 spiro atoms. The molecule has 0 bridgehead atoms. The number of hydrogen-bond acceptors (Lipinski definition) is 4. The van der Waals surface area contributed by atoms with E-state index in [2.05, 4.69) is 6.07 Å². The molecule has 0 saturated carbocycles. The second kappa shape index (κ2) is 4.30. The molecule has 2 aliphatic rings. The zero-order valence-corrected chi connectivity index (χ0v) is 12.6. The van der Waals surface area contributed by atoms with E-state index in [9.17, 15) is 10.1 Å². The van der Waals surface area contributed by atoms with Crippen LogP contribution >= 0.6 is 0 Å². The molecule has 0 aromatic rings. The fourth-order valence-electron chi connectivity index (χ4n) is 2.37. The minimum atomic E-state index is -1.85. The lowest BCUT2D eigenvalue weighted by atomic mass is 9.79. The van der Waals surface area contributed by atoms with E-state index in [4.69, 9.17) is 9.26 Å². The molecule has 1 aliphatic carbocycles. The summed E-state index contributed by atoms with van der Waals surface area (Å²) >= 11 is 0. The van der Waals surface area contributed by atoms with Gasteiger partial charge in [-0.2, -0.15) is 5.26 Å². The Kier molecular flexibility index (Phi) is 3.17. The number of β-lactam (4-membered cyclic amide) rings is 1. The number of hydrogen-bond donors (Lipinski definition) is 0. The van der Waals surface area contributed by atoms with Crippen LogP contribution in [0.3, 0.4) is 0 Å². The van der Waals surface area contributed by atoms with Crippen molar-refractivity contribution in [1.82, 2.24) is 5.06 Å². The average molecular weight is 278 g/mol. The van der Waals surface area contributed by atoms with Crippen molar-refractivity contribution in [3.63, 3.8) is 0 Å². The highest BCUT2D eigenvalue weighted by atomic mass is 28.4. The summed E-state index contributed by atoms with van der Waals surface area (Å²) in [5.41, 5.74) is -1.57. The minimum absolute atomic E-state index is 0.0626. The molecule has 1 heterocycles. The monoisotopic (exact) mass is 278 g/mol. The normalized spacial score (nSPS) is 33.4. The summed E-state index contributed by atoms with van der Waals surface area (Å²) in [6, 6.07) is 2.20. The zero-order valence-electron chi connectivity index (χ0n) is 11.6. The van der Waals surface area contributed by atoms with Crippen LogP contribution < -0.4 is 0 Å². The van der Waals surface area contributed by atoms with Crippen LogP contribution in [0.2, 0.25) is 19.6 Å². The zero-order chi connectivity index (χ0) is 14.3. The first-order valence-corrected chi connectivity index (χ1v) is 9.56. The van der Waals surface area contributed by atoms with E-state index in [1.165, 1.54) is 12.2 Å². The molecule has 2 rings (SSSR count). The topological polar surface area (TPSA) is 62.6 Å². The molecule has 102 valence electrons. The Morgan fingerprint density at radius 2 is 1.89 bits per heavy atom. The van der Waals surface area contributed by atoms with Gasteiger partial charge in [-0.05, 0) is 31.8 Å². The highest BCUT2D eigenvalue weighted by Gasteiger charge is 2.51. The van der Waals surface area contributed by atoms with Gasteiger partial charge in [0.2, 0.25) is 5.91 Å². The van der Waals surface area contributed by atoms with Gasteiger partial charge in [0.25, 0.3) is 0 Å². The fraction of sp³-hybridized carbons (Fsp3) is 0.538. The van der Waals surface area contributed by atoms with Crippen LogP contribution in [-0.4, -0.2) is 37.5 Å². The van der Waals surface area contributed by atoms with Crippen LogP contribution in [0.5, 0.6) is 0 Å². The number of amides is 1. The van der Waals surface area contributed by atoms with Gasteiger partial charge < -0.3 is 4.43 Å². The largest absolute Gasteiger partial charge is 0.394 e. The first-order valence-electron chi connectivity index (χ1n) is 6.15. The third-order valence-electron chi connectivity index (χ3n) is 3.11. The molecule has 0 radical (unpaired) electrons. The Bertz CT molecular complexity index is 485. The number of carbonyl (C=O) groups is 1. The van der Waals surface area contributed by atoms with Crippen molar-refractivity contribution < 1.29 is 14.1 Å². The van der Waals surface area contributed by atoms with E-state index >= 15 is 0 Å². The third kappa shape index (κ3) is 2.37. The second-order valence-electron chi connectivity index (χ2n) is 5.82. The van der Waals surface area contributed by atoms with Crippen molar-refractivity contribution >= 4 is 14.2 Å². The lowest BCUT2D eigenvalue weighted by molar-refractivity contribution is -0.224. The smallest absolute Gasteiger partial charge is 0.250 e. The Morgan fingerprint density at radius 3 is 2.26 bits per heavy atom. The molecule has 1 fully saturated rings. The maximum absolute atomic E-state index is 11.4. The van der Waals surface area contributed by atoms with E-state index in [0.717, 1.165) is 0 Å². The van der Waals surface area contributed by atoms with Crippen LogP contribution in [-0.2, 0) is 14.1 Å². The summed E-state index contributed by atoms with van der Waals surface area (Å²) in [5.74, 6) is -0.0626. The molecule has 6 heteroatoms. The third-order valence-corrected chi connectivity index (χ3v) is 4.06. The van der Waals surface area contributed by atoms with Gasteiger partial charge in [0.05, 0.1) is 13.5 Å². The quantitative estimate of drug-likeness (QED) is 0.448. The molecule has 1 amide bonds. The predicted octanol–water partition coefficient (Wildman–Crippen LogP) is 1.76. The SMILES string of the molecule is CON1C(=O)CC12C=CC(C#N)(O[Si](C)(C)C)C=C2. The van der Waals surface area contributed by atoms with Crippen molar-refractivity contribution in [3.05, 3.63) is 24.3 Å². The van der Waals surface area contributed by atoms with E-state index in [1.807, 2.05) is 31.8 Å². The number of nitriles is 1. The predicted molar refractivity (Wildman–Crippen MR) is 72.3 cm³/mol. The highest BCUT2D eigenvalue weighted by molar-refractivity contribution is 6.69. The van der Waals surface area contributed by atoms with Gasteiger partial charge in [0, 0.05) is 0 Å².